The Balaban J connectivity index is 2.59. The standard InChI is InChI=1S/C11H16FNO/c1-2-7-14-10-5-3-9(4-6-10)11(12)8-13/h3-6,11H,2,7-8,13H2,1H3. The van der Waals surface area contributed by atoms with Crippen molar-refractivity contribution in [1.29, 1.82) is 0 Å². The molecule has 14 heavy (non-hydrogen) atoms. The third-order valence-corrected chi connectivity index (χ3v) is 1.92. The van der Waals surface area contributed by atoms with Crippen molar-refractivity contribution >= 4 is 0 Å². The maximum atomic E-state index is 13.1. The Labute approximate surface area is 83.9 Å². The van der Waals surface area contributed by atoms with Crippen molar-refractivity contribution in [3.05, 3.63) is 29.8 Å². The SMILES string of the molecule is CCCOc1ccc(C(F)CN)cc1. The highest BCUT2D eigenvalue weighted by Gasteiger charge is 2.06. The molecule has 0 heterocycles. The topological polar surface area (TPSA) is 35.2 Å². The number of alkyl halides is 1. The molecule has 0 fully saturated rings. The number of halogens is 1. The average molecular weight is 197 g/mol. The van der Waals surface area contributed by atoms with Gasteiger partial charge in [0.15, 0.2) is 0 Å². The van der Waals surface area contributed by atoms with Crippen molar-refractivity contribution < 1.29 is 9.13 Å². The van der Waals surface area contributed by atoms with Gasteiger partial charge in [-0.2, -0.15) is 0 Å². The molecule has 1 aromatic rings. The first-order valence-corrected chi connectivity index (χ1v) is 4.84. The van der Waals surface area contributed by atoms with Gasteiger partial charge in [0.25, 0.3) is 0 Å². The summed E-state index contributed by atoms with van der Waals surface area (Å²) in [5, 5.41) is 0. The van der Waals surface area contributed by atoms with Crippen LogP contribution in [0.2, 0.25) is 0 Å². The van der Waals surface area contributed by atoms with E-state index in [-0.39, 0.29) is 6.54 Å². The number of hydrogen-bond donors (Lipinski definition) is 1. The van der Waals surface area contributed by atoms with E-state index < -0.39 is 6.17 Å². The Morgan fingerprint density at radius 1 is 1.36 bits per heavy atom. The van der Waals surface area contributed by atoms with Crippen LogP contribution in [0.5, 0.6) is 5.75 Å². The van der Waals surface area contributed by atoms with Crippen LogP contribution in [0.15, 0.2) is 24.3 Å². The number of hydrogen-bond acceptors (Lipinski definition) is 2. The molecular formula is C11H16FNO. The van der Waals surface area contributed by atoms with Gasteiger partial charge in [0.2, 0.25) is 0 Å². The fourth-order valence-electron chi connectivity index (χ4n) is 1.13. The van der Waals surface area contributed by atoms with E-state index in [9.17, 15) is 4.39 Å². The highest BCUT2D eigenvalue weighted by molar-refractivity contribution is 5.28. The lowest BCUT2D eigenvalue weighted by Gasteiger charge is -2.07. The third kappa shape index (κ3) is 3.00. The zero-order valence-corrected chi connectivity index (χ0v) is 8.37. The van der Waals surface area contributed by atoms with E-state index in [1.54, 1.807) is 24.3 Å². The van der Waals surface area contributed by atoms with Gasteiger partial charge in [-0.05, 0) is 24.1 Å². The fraction of sp³-hybridized carbons (Fsp3) is 0.455. The summed E-state index contributed by atoms with van der Waals surface area (Å²) in [4.78, 5) is 0. The summed E-state index contributed by atoms with van der Waals surface area (Å²) in [5.41, 5.74) is 5.82. The molecule has 0 bridgehead atoms. The Morgan fingerprint density at radius 3 is 2.50 bits per heavy atom. The lowest BCUT2D eigenvalue weighted by molar-refractivity contribution is 0.316. The van der Waals surface area contributed by atoms with Crippen LogP contribution >= 0.6 is 0 Å². The van der Waals surface area contributed by atoms with Crippen LogP contribution in [-0.4, -0.2) is 13.2 Å². The smallest absolute Gasteiger partial charge is 0.137 e. The predicted octanol–water partition coefficient (Wildman–Crippen LogP) is 2.44. The van der Waals surface area contributed by atoms with Gasteiger partial charge in [-0.1, -0.05) is 19.1 Å². The molecule has 0 spiro atoms. The molecular weight excluding hydrogens is 181 g/mol. The fourth-order valence-corrected chi connectivity index (χ4v) is 1.13. The van der Waals surface area contributed by atoms with E-state index in [2.05, 4.69) is 0 Å². The van der Waals surface area contributed by atoms with Crippen LogP contribution < -0.4 is 10.5 Å². The van der Waals surface area contributed by atoms with Crippen molar-refractivity contribution in [3.63, 3.8) is 0 Å². The molecule has 2 nitrogen and oxygen atoms in total. The molecule has 0 saturated heterocycles. The van der Waals surface area contributed by atoms with Crippen molar-refractivity contribution in [1.82, 2.24) is 0 Å². The maximum Gasteiger partial charge on any atom is 0.137 e. The summed E-state index contributed by atoms with van der Waals surface area (Å²) < 4.78 is 18.5. The molecule has 0 amide bonds. The second-order valence-corrected chi connectivity index (χ2v) is 3.12. The van der Waals surface area contributed by atoms with Crippen molar-refractivity contribution in [2.75, 3.05) is 13.2 Å². The van der Waals surface area contributed by atoms with E-state index in [1.807, 2.05) is 6.92 Å². The summed E-state index contributed by atoms with van der Waals surface area (Å²) >= 11 is 0. The Morgan fingerprint density at radius 2 is 2.00 bits per heavy atom. The molecule has 0 aliphatic carbocycles. The van der Waals surface area contributed by atoms with Gasteiger partial charge in [-0.25, -0.2) is 4.39 Å². The van der Waals surface area contributed by atoms with Gasteiger partial charge in [-0.15, -0.1) is 0 Å². The normalized spacial score (nSPS) is 12.5. The van der Waals surface area contributed by atoms with Crippen LogP contribution in [0.1, 0.15) is 25.1 Å². The first kappa shape index (κ1) is 11.0. The van der Waals surface area contributed by atoms with Crippen LogP contribution in [-0.2, 0) is 0 Å². The first-order valence-electron chi connectivity index (χ1n) is 4.84. The lowest BCUT2D eigenvalue weighted by Crippen LogP contribution is -2.07. The number of benzene rings is 1. The molecule has 0 aliphatic rings. The zero-order chi connectivity index (χ0) is 10.4. The molecule has 1 atom stereocenters. The van der Waals surface area contributed by atoms with Crippen LogP contribution in [0.3, 0.4) is 0 Å². The summed E-state index contributed by atoms with van der Waals surface area (Å²) in [7, 11) is 0. The van der Waals surface area contributed by atoms with Crippen molar-refractivity contribution in [3.8, 4) is 5.75 Å². The molecule has 0 saturated carbocycles. The Hall–Kier alpha value is -1.09. The van der Waals surface area contributed by atoms with Gasteiger partial charge < -0.3 is 10.5 Å². The molecule has 78 valence electrons. The number of ether oxygens (including phenoxy) is 1. The molecule has 0 aliphatic heterocycles. The monoisotopic (exact) mass is 197 g/mol. The molecule has 0 radical (unpaired) electrons. The summed E-state index contributed by atoms with van der Waals surface area (Å²) in [6.07, 6.45) is -0.105. The Bertz CT molecular complexity index is 260. The van der Waals surface area contributed by atoms with Gasteiger partial charge in [0.1, 0.15) is 11.9 Å². The van der Waals surface area contributed by atoms with Crippen LogP contribution in [0.4, 0.5) is 4.39 Å². The molecule has 0 aromatic heterocycles. The summed E-state index contributed by atoms with van der Waals surface area (Å²) in [6.45, 7) is 2.75. The van der Waals surface area contributed by atoms with E-state index >= 15 is 0 Å². The average Bonchev–Trinajstić information content (AvgIpc) is 2.26. The van der Waals surface area contributed by atoms with E-state index in [4.69, 9.17) is 10.5 Å². The second kappa shape index (κ2) is 5.60. The van der Waals surface area contributed by atoms with Crippen molar-refractivity contribution in [2.24, 2.45) is 5.73 Å². The van der Waals surface area contributed by atoms with Gasteiger partial charge >= 0.3 is 0 Å². The maximum absolute atomic E-state index is 13.1. The number of nitrogens with two attached hydrogens (primary N) is 1. The number of rotatable bonds is 5. The van der Waals surface area contributed by atoms with Crippen LogP contribution in [0.25, 0.3) is 0 Å². The Kier molecular flexibility index (Phi) is 4.40. The minimum Gasteiger partial charge on any atom is -0.494 e. The summed E-state index contributed by atoms with van der Waals surface area (Å²) in [6, 6.07) is 6.96. The summed E-state index contributed by atoms with van der Waals surface area (Å²) in [5.74, 6) is 0.778. The second-order valence-electron chi connectivity index (χ2n) is 3.12. The molecule has 1 unspecified atom stereocenters. The zero-order valence-electron chi connectivity index (χ0n) is 8.37. The van der Waals surface area contributed by atoms with Crippen molar-refractivity contribution in [2.45, 2.75) is 19.5 Å². The molecule has 2 N–H and O–H groups in total. The van der Waals surface area contributed by atoms with E-state index in [1.165, 1.54) is 0 Å². The minimum absolute atomic E-state index is 0.0230. The largest absolute Gasteiger partial charge is 0.494 e. The molecule has 1 aromatic carbocycles. The van der Waals surface area contributed by atoms with Gasteiger partial charge in [0, 0.05) is 6.54 Å². The van der Waals surface area contributed by atoms with Gasteiger partial charge in [-0.3, -0.25) is 0 Å². The highest BCUT2D eigenvalue weighted by Crippen LogP contribution is 2.19. The first-order chi connectivity index (χ1) is 6.77. The third-order valence-electron chi connectivity index (χ3n) is 1.92. The van der Waals surface area contributed by atoms with Crippen LogP contribution in [0, 0.1) is 0 Å². The predicted molar refractivity (Wildman–Crippen MR) is 55.1 cm³/mol. The molecule has 3 heteroatoms. The molecule has 1 rings (SSSR count). The van der Waals surface area contributed by atoms with E-state index in [0.29, 0.717) is 12.2 Å². The van der Waals surface area contributed by atoms with Gasteiger partial charge in [0.05, 0.1) is 6.61 Å². The minimum atomic E-state index is -1.07. The lowest BCUT2D eigenvalue weighted by atomic mass is 10.1. The van der Waals surface area contributed by atoms with E-state index in [0.717, 1.165) is 12.2 Å². The highest BCUT2D eigenvalue weighted by atomic mass is 19.1. The quantitative estimate of drug-likeness (QED) is 0.786.